The van der Waals surface area contributed by atoms with E-state index in [2.05, 4.69) is 6.58 Å². The van der Waals surface area contributed by atoms with E-state index < -0.39 is 11.8 Å². The fourth-order valence-electron chi connectivity index (χ4n) is 1.73. The molecule has 116 valence electrons. The maximum atomic E-state index is 12.4. The minimum Gasteiger partial charge on any atom is -0.497 e. The number of hydrogen-bond acceptors (Lipinski definition) is 4. The summed E-state index contributed by atoms with van der Waals surface area (Å²) < 4.78 is 5.06. The Kier molecular flexibility index (Phi) is 6.47. The third-order valence-electron chi connectivity index (χ3n) is 2.86. The van der Waals surface area contributed by atoms with Crippen LogP contribution in [-0.4, -0.2) is 35.4 Å². The van der Waals surface area contributed by atoms with Gasteiger partial charge in [-0.3, -0.25) is 14.5 Å². The SMILES string of the molecule is C=CCN(C(=O)/C(=C\c1ccc(OC)cc1)C(N)=O)C(C)=S. The average Bonchev–Trinajstić information content (AvgIpc) is 2.49. The fraction of sp³-hybridized carbons (Fsp3) is 0.188. The van der Waals surface area contributed by atoms with Gasteiger partial charge >= 0.3 is 0 Å². The molecule has 0 atom stereocenters. The number of nitrogens with two attached hydrogens (primary N) is 1. The van der Waals surface area contributed by atoms with Gasteiger partial charge < -0.3 is 10.5 Å². The van der Waals surface area contributed by atoms with E-state index in [1.54, 1.807) is 38.3 Å². The number of thiocarbonyl (C=S) groups is 1. The summed E-state index contributed by atoms with van der Waals surface area (Å²) in [6.45, 7) is 5.38. The molecule has 0 radical (unpaired) electrons. The first-order valence-corrected chi connectivity index (χ1v) is 6.90. The Morgan fingerprint density at radius 1 is 1.36 bits per heavy atom. The van der Waals surface area contributed by atoms with Gasteiger partial charge in [-0.2, -0.15) is 0 Å². The van der Waals surface area contributed by atoms with Crippen LogP contribution in [0.2, 0.25) is 0 Å². The molecule has 5 nitrogen and oxygen atoms in total. The zero-order chi connectivity index (χ0) is 16.7. The highest BCUT2D eigenvalue weighted by Gasteiger charge is 2.22. The lowest BCUT2D eigenvalue weighted by Gasteiger charge is -2.20. The summed E-state index contributed by atoms with van der Waals surface area (Å²) in [5.74, 6) is -0.686. The Labute approximate surface area is 135 Å². The van der Waals surface area contributed by atoms with E-state index in [-0.39, 0.29) is 12.1 Å². The number of carbonyl (C=O) groups excluding carboxylic acids is 2. The molecule has 0 bridgehead atoms. The molecule has 1 aromatic rings. The van der Waals surface area contributed by atoms with Crippen LogP contribution in [0.15, 0.2) is 42.5 Å². The molecule has 0 unspecified atom stereocenters. The van der Waals surface area contributed by atoms with Gasteiger partial charge in [0.2, 0.25) is 0 Å². The van der Waals surface area contributed by atoms with Gasteiger partial charge in [-0.1, -0.05) is 30.4 Å². The predicted octanol–water partition coefficient (Wildman–Crippen LogP) is 1.93. The van der Waals surface area contributed by atoms with Crippen molar-refractivity contribution in [3.05, 3.63) is 48.1 Å². The number of amides is 2. The normalized spacial score (nSPS) is 10.7. The Bertz CT molecular complexity index is 621. The molecule has 0 fully saturated rings. The molecule has 0 aliphatic rings. The number of rotatable bonds is 6. The summed E-state index contributed by atoms with van der Waals surface area (Å²) in [5, 5.41) is 0. The molecule has 2 N–H and O–H groups in total. The van der Waals surface area contributed by atoms with E-state index in [0.29, 0.717) is 16.3 Å². The predicted molar refractivity (Wildman–Crippen MR) is 90.3 cm³/mol. The van der Waals surface area contributed by atoms with E-state index in [1.165, 1.54) is 17.1 Å². The summed E-state index contributed by atoms with van der Waals surface area (Å²) in [5.41, 5.74) is 5.84. The Balaban J connectivity index is 3.17. The third-order valence-corrected chi connectivity index (χ3v) is 3.08. The van der Waals surface area contributed by atoms with Crippen molar-refractivity contribution >= 4 is 35.1 Å². The van der Waals surface area contributed by atoms with Gasteiger partial charge in [-0.25, -0.2) is 0 Å². The summed E-state index contributed by atoms with van der Waals surface area (Å²) in [6, 6.07) is 6.89. The molecule has 22 heavy (non-hydrogen) atoms. The zero-order valence-electron chi connectivity index (χ0n) is 12.5. The van der Waals surface area contributed by atoms with E-state index in [9.17, 15) is 9.59 Å². The highest BCUT2D eigenvalue weighted by molar-refractivity contribution is 7.80. The summed E-state index contributed by atoms with van der Waals surface area (Å²) in [7, 11) is 1.55. The van der Waals surface area contributed by atoms with Crippen LogP contribution in [0.25, 0.3) is 6.08 Å². The minimum atomic E-state index is -0.814. The molecule has 0 saturated heterocycles. The number of ether oxygens (including phenoxy) is 1. The number of hydrogen-bond donors (Lipinski definition) is 1. The van der Waals surface area contributed by atoms with Crippen LogP contribution >= 0.6 is 12.2 Å². The lowest BCUT2D eigenvalue weighted by molar-refractivity contribution is -0.126. The Morgan fingerprint density at radius 2 is 1.95 bits per heavy atom. The standard InChI is InChI=1S/C16H18N2O3S/c1-4-9-18(11(2)22)16(20)14(15(17)19)10-12-5-7-13(21-3)8-6-12/h4-8,10H,1,9H2,2-3H3,(H2,17,19)/b14-10-. The average molecular weight is 318 g/mol. The Morgan fingerprint density at radius 3 is 2.36 bits per heavy atom. The number of methoxy groups -OCH3 is 1. The van der Waals surface area contributed by atoms with Gasteiger partial charge in [0.05, 0.1) is 12.1 Å². The van der Waals surface area contributed by atoms with Crippen LogP contribution in [0.5, 0.6) is 5.75 Å². The van der Waals surface area contributed by atoms with Gasteiger partial charge in [-0.05, 0) is 30.7 Å². The van der Waals surface area contributed by atoms with Gasteiger partial charge in [-0.15, -0.1) is 6.58 Å². The van der Waals surface area contributed by atoms with Gasteiger partial charge in [0.1, 0.15) is 11.3 Å². The van der Waals surface area contributed by atoms with Gasteiger partial charge in [0, 0.05) is 6.54 Å². The second kappa shape index (κ2) is 8.09. The van der Waals surface area contributed by atoms with Crippen molar-refractivity contribution in [2.24, 2.45) is 5.73 Å². The van der Waals surface area contributed by atoms with E-state index in [0.717, 1.165) is 0 Å². The molecular weight excluding hydrogens is 300 g/mol. The third kappa shape index (κ3) is 4.53. The minimum absolute atomic E-state index is 0.142. The first-order chi connectivity index (χ1) is 10.4. The van der Waals surface area contributed by atoms with E-state index >= 15 is 0 Å². The van der Waals surface area contributed by atoms with Crippen LogP contribution in [0.4, 0.5) is 0 Å². The van der Waals surface area contributed by atoms with Crippen molar-refractivity contribution in [3.63, 3.8) is 0 Å². The van der Waals surface area contributed by atoms with Crippen molar-refractivity contribution in [2.45, 2.75) is 6.92 Å². The monoisotopic (exact) mass is 318 g/mol. The first kappa shape index (κ1) is 17.6. The second-order valence-corrected chi connectivity index (χ2v) is 5.01. The molecule has 0 aromatic heterocycles. The fourth-order valence-corrected chi connectivity index (χ4v) is 1.89. The molecule has 0 saturated carbocycles. The second-order valence-electron chi connectivity index (χ2n) is 4.42. The van der Waals surface area contributed by atoms with Crippen molar-refractivity contribution in [1.29, 1.82) is 0 Å². The molecule has 1 aromatic carbocycles. The van der Waals surface area contributed by atoms with Crippen LogP contribution < -0.4 is 10.5 Å². The summed E-state index contributed by atoms with van der Waals surface area (Å²) >= 11 is 5.02. The lowest BCUT2D eigenvalue weighted by atomic mass is 10.1. The van der Waals surface area contributed by atoms with Crippen LogP contribution in [0.1, 0.15) is 12.5 Å². The highest BCUT2D eigenvalue weighted by atomic mass is 32.1. The largest absolute Gasteiger partial charge is 0.497 e. The first-order valence-electron chi connectivity index (χ1n) is 6.49. The molecule has 6 heteroatoms. The van der Waals surface area contributed by atoms with E-state index in [4.69, 9.17) is 22.7 Å². The van der Waals surface area contributed by atoms with Crippen molar-refractivity contribution < 1.29 is 14.3 Å². The molecule has 1 rings (SSSR count). The highest BCUT2D eigenvalue weighted by Crippen LogP contribution is 2.15. The maximum Gasteiger partial charge on any atom is 0.264 e. The number of primary amides is 1. The lowest BCUT2D eigenvalue weighted by Crippen LogP contribution is -2.38. The molecule has 0 heterocycles. The molecule has 0 aliphatic carbocycles. The number of carbonyl (C=O) groups is 2. The quantitative estimate of drug-likeness (QED) is 0.286. The van der Waals surface area contributed by atoms with Crippen LogP contribution in [0, 0.1) is 0 Å². The van der Waals surface area contributed by atoms with E-state index in [1.807, 2.05) is 0 Å². The summed E-state index contributed by atoms with van der Waals surface area (Å²) in [4.78, 5) is 25.7. The molecule has 0 aliphatic heterocycles. The Hall–Kier alpha value is -2.47. The van der Waals surface area contributed by atoms with Gasteiger partial charge in [0.25, 0.3) is 11.8 Å². The maximum absolute atomic E-state index is 12.4. The van der Waals surface area contributed by atoms with Crippen molar-refractivity contribution in [1.82, 2.24) is 4.90 Å². The van der Waals surface area contributed by atoms with Crippen molar-refractivity contribution in [2.75, 3.05) is 13.7 Å². The zero-order valence-corrected chi connectivity index (χ0v) is 13.4. The topological polar surface area (TPSA) is 72.6 Å². The number of benzene rings is 1. The van der Waals surface area contributed by atoms with Crippen LogP contribution in [-0.2, 0) is 9.59 Å². The summed E-state index contributed by atoms with van der Waals surface area (Å²) in [6.07, 6.45) is 2.96. The van der Waals surface area contributed by atoms with Crippen LogP contribution in [0.3, 0.4) is 0 Å². The smallest absolute Gasteiger partial charge is 0.264 e. The molecular formula is C16H18N2O3S. The van der Waals surface area contributed by atoms with Gasteiger partial charge in [0.15, 0.2) is 0 Å². The van der Waals surface area contributed by atoms with Crippen molar-refractivity contribution in [3.8, 4) is 5.75 Å². The molecule has 0 spiro atoms. The molecule has 2 amide bonds. The number of nitrogens with zero attached hydrogens (tertiary/aromatic N) is 1.